The molecule has 9 N–H and O–H groups in total. The molecule has 0 saturated carbocycles. The van der Waals surface area contributed by atoms with Crippen LogP contribution in [-0.2, 0) is 0 Å². The Hall–Kier alpha value is -0.850. The van der Waals surface area contributed by atoms with E-state index < -0.39 is 12.3 Å². The molecule has 0 fully saturated rings. The van der Waals surface area contributed by atoms with E-state index in [1.54, 1.807) is 0 Å². The second-order valence-electron chi connectivity index (χ2n) is 2.60. The van der Waals surface area contributed by atoms with Crippen molar-refractivity contribution in [2.75, 3.05) is 6.54 Å². The molecule has 0 aromatic rings. The van der Waals surface area contributed by atoms with Crippen molar-refractivity contribution in [3.8, 4) is 0 Å². The van der Waals surface area contributed by atoms with Crippen LogP contribution in [0.15, 0.2) is 4.99 Å². The number of hydrogen-bond donors (Lipinski definition) is 5. The molecule has 72 valence electrons. The van der Waals surface area contributed by atoms with Crippen LogP contribution in [0.2, 0.25) is 0 Å². The SMILES string of the molecule is NC(N)=NCCC[C@@H](N)C(N)O. The van der Waals surface area contributed by atoms with Gasteiger partial charge in [0.25, 0.3) is 0 Å². The van der Waals surface area contributed by atoms with Gasteiger partial charge < -0.3 is 28.0 Å². The minimum absolute atomic E-state index is 0.0665. The lowest BCUT2D eigenvalue weighted by atomic mass is 10.1. The maximum atomic E-state index is 8.80. The maximum Gasteiger partial charge on any atom is 0.185 e. The van der Waals surface area contributed by atoms with Gasteiger partial charge in [0, 0.05) is 12.6 Å². The molecule has 2 atom stereocenters. The maximum absolute atomic E-state index is 8.80. The van der Waals surface area contributed by atoms with E-state index in [0.29, 0.717) is 19.4 Å². The second kappa shape index (κ2) is 5.76. The van der Waals surface area contributed by atoms with Gasteiger partial charge in [-0.15, -0.1) is 0 Å². The number of guanidine groups is 1. The van der Waals surface area contributed by atoms with E-state index in [2.05, 4.69) is 4.99 Å². The van der Waals surface area contributed by atoms with E-state index in [-0.39, 0.29) is 5.96 Å². The van der Waals surface area contributed by atoms with Gasteiger partial charge >= 0.3 is 0 Å². The van der Waals surface area contributed by atoms with Crippen LogP contribution >= 0.6 is 0 Å². The van der Waals surface area contributed by atoms with Gasteiger partial charge in [0.1, 0.15) is 6.23 Å². The lowest BCUT2D eigenvalue weighted by molar-refractivity contribution is 0.146. The number of aliphatic hydroxyl groups excluding tert-OH is 1. The van der Waals surface area contributed by atoms with Crippen LogP contribution < -0.4 is 22.9 Å². The average Bonchev–Trinajstić information content (AvgIpc) is 1.97. The molecule has 6 nitrogen and oxygen atoms in total. The van der Waals surface area contributed by atoms with E-state index in [9.17, 15) is 0 Å². The first kappa shape index (κ1) is 11.2. The van der Waals surface area contributed by atoms with Crippen molar-refractivity contribution in [3.63, 3.8) is 0 Å². The summed E-state index contributed by atoms with van der Waals surface area (Å²) in [5.74, 6) is 0.0665. The van der Waals surface area contributed by atoms with Gasteiger partial charge in [0.2, 0.25) is 0 Å². The summed E-state index contributed by atoms with van der Waals surface area (Å²) in [6.07, 6.45) is 0.353. The molecular weight excluding hydrogens is 158 g/mol. The van der Waals surface area contributed by atoms with Gasteiger partial charge in [0.05, 0.1) is 0 Å². The quantitative estimate of drug-likeness (QED) is 0.138. The highest BCUT2D eigenvalue weighted by molar-refractivity contribution is 5.75. The van der Waals surface area contributed by atoms with E-state index in [1.807, 2.05) is 0 Å². The van der Waals surface area contributed by atoms with Crippen molar-refractivity contribution >= 4 is 5.96 Å². The van der Waals surface area contributed by atoms with Crippen molar-refractivity contribution in [3.05, 3.63) is 0 Å². The Labute approximate surface area is 71.6 Å². The third kappa shape index (κ3) is 5.90. The fourth-order valence-electron chi connectivity index (χ4n) is 0.706. The normalized spacial score (nSPS) is 15.2. The fraction of sp³-hybridized carbons (Fsp3) is 0.833. The van der Waals surface area contributed by atoms with Gasteiger partial charge in [-0.3, -0.25) is 4.99 Å². The number of nitrogens with two attached hydrogens (primary N) is 4. The molecule has 0 aliphatic carbocycles. The van der Waals surface area contributed by atoms with Crippen molar-refractivity contribution in [2.24, 2.45) is 27.9 Å². The fourth-order valence-corrected chi connectivity index (χ4v) is 0.706. The lowest BCUT2D eigenvalue weighted by Gasteiger charge is -2.12. The highest BCUT2D eigenvalue weighted by Crippen LogP contribution is 1.96. The molecular formula is C6H17N5O. The third-order valence-electron chi connectivity index (χ3n) is 1.43. The zero-order chi connectivity index (χ0) is 9.56. The zero-order valence-electron chi connectivity index (χ0n) is 6.98. The van der Waals surface area contributed by atoms with Gasteiger partial charge in [-0.25, -0.2) is 0 Å². The van der Waals surface area contributed by atoms with Crippen molar-refractivity contribution in [2.45, 2.75) is 25.1 Å². The van der Waals surface area contributed by atoms with Gasteiger partial charge in [-0.2, -0.15) is 0 Å². The van der Waals surface area contributed by atoms with E-state index >= 15 is 0 Å². The summed E-state index contributed by atoms with van der Waals surface area (Å²) >= 11 is 0. The first-order valence-corrected chi connectivity index (χ1v) is 3.78. The van der Waals surface area contributed by atoms with Gasteiger partial charge in [0.15, 0.2) is 5.96 Å². The molecule has 0 aliphatic rings. The molecule has 0 heterocycles. The predicted octanol–water partition coefficient (Wildman–Crippen LogP) is -2.36. The summed E-state index contributed by atoms with van der Waals surface area (Å²) in [6, 6.07) is -0.404. The van der Waals surface area contributed by atoms with Crippen molar-refractivity contribution in [1.29, 1.82) is 0 Å². The standard InChI is InChI=1S/C6H17N5O/c7-4(5(8)12)2-1-3-11-6(9)10/h4-5,12H,1-3,7-8H2,(H4,9,10,11)/t4-,5?/m1/s1. The molecule has 12 heavy (non-hydrogen) atoms. The van der Waals surface area contributed by atoms with Crippen LogP contribution in [0.25, 0.3) is 0 Å². The molecule has 0 aromatic carbocycles. The molecule has 0 spiro atoms. The van der Waals surface area contributed by atoms with Crippen LogP contribution in [0.4, 0.5) is 0 Å². The highest BCUT2D eigenvalue weighted by Gasteiger charge is 2.07. The minimum atomic E-state index is -0.968. The number of aliphatic imine (C=N–C) groups is 1. The third-order valence-corrected chi connectivity index (χ3v) is 1.43. The molecule has 0 radical (unpaired) electrons. The van der Waals surface area contributed by atoms with Crippen LogP contribution in [-0.4, -0.2) is 29.9 Å². The summed E-state index contributed by atoms with van der Waals surface area (Å²) in [5, 5.41) is 8.80. The number of hydrogen-bond acceptors (Lipinski definition) is 4. The first-order valence-electron chi connectivity index (χ1n) is 3.78. The summed E-state index contributed by atoms with van der Waals surface area (Å²) in [6.45, 7) is 0.517. The Morgan fingerprint density at radius 1 is 1.33 bits per heavy atom. The van der Waals surface area contributed by atoms with E-state index in [0.717, 1.165) is 0 Å². The van der Waals surface area contributed by atoms with Crippen LogP contribution in [0, 0.1) is 0 Å². The average molecular weight is 175 g/mol. The molecule has 1 unspecified atom stereocenters. The molecule has 0 saturated heterocycles. The number of nitrogens with zero attached hydrogens (tertiary/aromatic N) is 1. The summed E-state index contributed by atoms with van der Waals surface area (Å²) in [5.41, 5.74) is 20.8. The van der Waals surface area contributed by atoms with Crippen LogP contribution in [0.5, 0.6) is 0 Å². The molecule has 6 heteroatoms. The van der Waals surface area contributed by atoms with Crippen LogP contribution in [0.3, 0.4) is 0 Å². The monoisotopic (exact) mass is 175 g/mol. The second-order valence-corrected chi connectivity index (χ2v) is 2.60. The zero-order valence-corrected chi connectivity index (χ0v) is 6.98. The molecule has 0 bridgehead atoms. The van der Waals surface area contributed by atoms with Crippen molar-refractivity contribution < 1.29 is 5.11 Å². The van der Waals surface area contributed by atoms with E-state index in [1.165, 1.54) is 0 Å². The Morgan fingerprint density at radius 3 is 2.33 bits per heavy atom. The van der Waals surface area contributed by atoms with Gasteiger partial charge in [-0.05, 0) is 12.8 Å². The predicted molar refractivity (Wildman–Crippen MR) is 48.1 cm³/mol. The highest BCUT2D eigenvalue weighted by atomic mass is 16.3. The molecule has 0 aliphatic heterocycles. The van der Waals surface area contributed by atoms with Crippen molar-refractivity contribution in [1.82, 2.24) is 0 Å². The topological polar surface area (TPSA) is 137 Å². The number of rotatable bonds is 5. The lowest BCUT2D eigenvalue weighted by Crippen LogP contribution is -2.41. The molecule has 0 rings (SSSR count). The summed E-state index contributed by atoms with van der Waals surface area (Å²) in [7, 11) is 0. The smallest absolute Gasteiger partial charge is 0.185 e. The van der Waals surface area contributed by atoms with Crippen LogP contribution in [0.1, 0.15) is 12.8 Å². The Balaban J connectivity index is 3.38. The summed E-state index contributed by atoms with van der Waals surface area (Å²) in [4.78, 5) is 3.75. The molecule has 0 amide bonds. The Kier molecular flexibility index (Phi) is 5.35. The van der Waals surface area contributed by atoms with Gasteiger partial charge in [-0.1, -0.05) is 0 Å². The molecule has 0 aromatic heterocycles. The Morgan fingerprint density at radius 2 is 1.92 bits per heavy atom. The first-order chi connectivity index (χ1) is 5.54. The summed E-state index contributed by atoms with van der Waals surface area (Å²) < 4.78 is 0. The largest absolute Gasteiger partial charge is 0.377 e. The number of aliphatic hydroxyl groups is 1. The Bertz CT molecular complexity index is 143. The van der Waals surface area contributed by atoms with E-state index in [4.69, 9.17) is 28.0 Å². The minimum Gasteiger partial charge on any atom is -0.377 e.